The third kappa shape index (κ3) is 2.93. The first-order valence-corrected chi connectivity index (χ1v) is 7.32. The van der Waals surface area contributed by atoms with Gasteiger partial charge in [-0.25, -0.2) is 13.8 Å². The third-order valence-electron chi connectivity index (χ3n) is 3.77. The number of anilines is 1. The lowest BCUT2D eigenvalue weighted by atomic mass is 9.98. The zero-order valence-electron chi connectivity index (χ0n) is 13.1. The van der Waals surface area contributed by atoms with Crippen molar-refractivity contribution >= 4 is 11.5 Å². The fraction of sp³-hybridized carbons (Fsp3) is 0. The summed E-state index contributed by atoms with van der Waals surface area (Å²) in [5, 5.41) is 20.6. The van der Waals surface area contributed by atoms with Gasteiger partial charge in [0.15, 0.2) is 11.6 Å². The lowest BCUT2D eigenvalue weighted by Crippen LogP contribution is -2.01. The number of nitrogens with zero attached hydrogens (tertiary/aromatic N) is 3. The number of nitriles is 1. The Kier molecular flexibility index (Phi) is 4.29. The summed E-state index contributed by atoms with van der Waals surface area (Å²) in [5.41, 5.74) is 6.35. The van der Waals surface area contributed by atoms with E-state index in [1.807, 2.05) is 6.07 Å². The Morgan fingerprint density at radius 3 is 2.46 bits per heavy atom. The lowest BCUT2D eigenvalue weighted by Gasteiger charge is -2.11. The molecule has 0 aliphatic heterocycles. The molecule has 0 atom stereocenters. The molecule has 0 unspecified atom stereocenters. The van der Waals surface area contributed by atoms with Crippen molar-refractivity contribution < 1.29 is 13.7 Å². The van der Waals surface area contributed by atoms with Gasteiger partial charge in [0.2, 0.25) is 0 Å². The Bertz CT molecular complexity index is 1080. The second-order valence-corrected chi connectivity index (χ2v) is 5.33. The number of nitro benzene ring substituents is 1. The van der Waals surface area contributed by atoms with Crippen molar-refractivity contribution in [3.8, 4) is 28.5 Å². The molecule has 3 rings (SSSR count). The van der Waals surface area contributed by atoms with Crippen molar-refractivity contribution in [1.82, 2.24) is 4.98 Å². The van der Waals surface area contributed by atoms with Gasteiger partial charge in [-0.3, -0.25) is 10.1 Å². The van der Waals surface area contributed by atoms with Gasteiger partial charge in [-0.05, 0) is 29.8 Å². The number of rotatable bonds is 3. The van der Waals surface area contributed by atoms with Gasteiger partial charge in [0, 0.05) is 11.6 Å². The molecule has 0 saturated heterocycles. The number of hydrogen-bond donors (Lipinski definition) is 1. The van der Waals surface area contributed by atoms with Crippen LogP contribution in [-0.4, -0.2) is 9.91 Å². The van der Waals surface area contributed by atoms with E-state index in [-0.39, 0.29) is 39.5 Å². The van der Waals surface area contributed by atoms with Gasteiger partial charge in [-0.2, -0.15) is 5.26 Å². The number of halogens is 2. The highest BCUT2D eigenvalue weighted by Gasteiger charge is 2.20. The number of nitrogen functional groups attached to an aromatic ring is 1. The van der Waals surface area contributed by atoms with E-state index in [0.717, 1.165) is 12.1 Å². The summed E-state index contributed by atoms with van der Waals surface area (Å²) < 4.78 is 26.8. The fourth-order valence-electron chi connectivity index (χ4n) is 2.56. The molecule has 0 spiro atoms. The number of pyridine rings is 1. The van der Waals surface area contributed by atoms with Crippen LogP contribution in [-0.2, 0) is 0 Å². The maximum Gasteiger partial charge on any atom is 0.278 e. The molecule has 0 amide bonds. The quantitative estimate of drug-likeness (QED) is 0.565. The van der Waals surface area contributed by atoms with Crippen LogP contribution in [0.15, 0.2) is 48.5 Å². The molecule has 2 N–H and O–H groups in total. The van der Waals surface area contributed by atoms with Gasteiger partial charge < -0.3 is 5.73 Å². The van der Waals surface area contributed by atoms with E-state index in [1.165, 1.54) is 30.3 Å². The van der Waals surface area contributed by atoms with E-state index in [1.54, 1.807) is 6.07 Å². The lowest BCUT2D eigenvalue weighted by molar-refractivity contribution is -0.384. The molecule has 2 aromatic carbocycles. The summed E-state index contributed by atoms with van der Waals surface area (Å²) in [6.45, 7) is 0. The predicted molar refractivity (Wildman–Crippen MR) is 90.8 cm³/mol. The Hall–Kier alpha value is -3.86. The standard InChI is InChI=1S/C18H10F2N4O2/c19-14-6-5-10(7-15(14)20)12-8-16(23-18(22)13(12)9-21)11-3-1-2-4-17(11)24(25)26/h1-8H,(H2,22,23). The molecule has 128 valence electrons. The summed E-state index contributed by atoms with van der Waals surface area (Å²) >= 11 is 0. The van der Waals surface area contributed by atoms with E-state index in [9.17, 15) is 24.2 Å². The van der Waals surface area contributed by atoms with Crippen molar-refractivity contribution in [3.63, 3.8) is 0 Å². The van der Waals surface area contributed by atoms with Crippen molar-refractivity contribution in [2.45, 2.75) is 0 Å². The first-order valence-electron chi connectivity index (χ1n) is 7.32. The number of aromatic nitrogens is 1. The van der Waals surface area contributed by atoms with Crippen LogP contribution in [0.2, 0.25) is 0 Å². The van der Waals surface area contributed by atoms with Crippen LogP contribution in [0.25, 0.3) is 22.4 Å². The Morgan fingerprint density at radius 2 is 1.81 bits per heavy atom. The normalized spacial score (nSPS) is 10.3. The molecule has 0 aliphatic rings. The molecule has 8 heteroatoms. The fourth-order valence-corrected chi connectivity index (χ4v) is 2.56. The van der Waals surface area contributed by atoms with E-state index < -0.39 is 16.6 Å². The van der Waals surface area contributed by atoms with Crippen LogP contribution < -0.4 is 5.73 Å². The van der Waals surface area contributed by atoms with Crippen LogP contribution >= 0.6 is 0 Å². The number of nitrogens with two attached hydrogens (primary N) is 1. The monoisotopic (exact) mass is 352 g/mol. The Labute approximate surface area is 146 Å². The van der Waals surface area contributed by atoms with Gasteiger partial charge in [-0.15, -0.1) is 0 Å². The van der Waals surface area contributed by atoms with E-state index in [0.29, 0.717) is 0 Å². The highest BCUT2D eigenvalue weighted by Crippen LogP contribution is 2.35. The Balaban J connectivity index is 2.29. The summed E-state index contributed by atoms with van der Waals surface area (Å²) in [5.74, 6) is -2.29. The van der Waals surface area contributed by atoms with Crippen molar-refractivity contribution in [2.75, 3.05) is 5.73 Å². The molecule has 0 bridgehead atoms. The highest BCUT2D eigenvalue weighted by molar-refractivity contribution is 5.82. The second-order valence-electron chi connectivity index (χ2n) is 5.33. The van der Waals surface area contributed by atoms with Crippen LogP contribution in [0.5, 0.6) is 0 Å². The van der Waals surface area contributed by atoms with Crippen molar-refractivity contribution in [3.05, 3.63) is 75.8 Å². The predicted octanol–water partition coefficient (Wildman–Crippen LogP) is 4.06. The minimum atomic E-state index is -1.09. The zero-order valence-corrected chi connectivity index (χ0v) is 13.1. The smallest absolute Gasteiger partial charge is 0.278 e. The number of benzene rings is 2. The largest absolute Gasteiger partial charge is 0.383 e. The van der Waals surface area contributed by atoms with Gasteiger partial charge in [0.05, 0.1) is 16.2 Å². The van der Waals surface area contributed by atoms with Crippen molar-refractivity contribution in [1.29, 1.82) is 5.26 Å². The van der Waals surface area contributed by atoms with E-state index in [2.05, 4.69) is 4.98 Å². The molecular weight excluding hydrogens is 342 g/mol. The van der Waals surface area contributed by atoms with Gasteiger partial charge in [-0.1, -0.05) is 18.2 Å². The average Bonchev–Trinajstić information content (AvgIpc) is 2.63. The third-order valence-corrected chi connectivity index (χ3v) is 3.77. The number of nitro groups is 1. The highest BCUT2D eigenvalue weighted by atomic mass is 19.2. The molecule has 6 nitrogen and oxygen atoms in total. The summed E-state index contributed by atoms with van der Waals surface area (Å²) in [6.07, 6.45) is 0. The van der Waals surface area contributed by atoms with Gasteiger partial charge in [0.25, 0.3) is 5.69 Å². The minimum Gasteiger partial charge on any atom is -0.383 e. The molecule has 0 fully saturated rings. The molecule has 1 aromatic heterocycles. The topological polar surface area (TPSA) is 106 Å². The molecule has 0 saturated carbocycles. The van der Waals surface area contributed by atoms with Crippen LogP contribution in [0.3, 0.4) is 0 Å². The van der Waals surface area contributed by atoms with Crippen LogP contribution in [0, 0.1) is 33.1 Å². The molecular formula is C18H10F2N4O2. The zero-order chi connectivity index (χ0) is 18.8. The van der Waals surface area contributed by atoms with Gasteiger partial charge in [0.1, 0.15) is 17.5 Å². The summed E-state index contributed by atoms with van der Waals surface area (Å²) in [6, 6.07) is 12.3. The van der Waals surface area contributed by atoms with E-state index >= 15 is 0 Å². The average molecular weight is 352 g/mol. The molecule has 0 aliphatic carbocycles. The number of para-hydroxylation sites is 1. The first kappa shape index (κ1) is 17.0. The van der Waals surface area contributed by atoms with Gasteiger partial charge >= 0.3 is 0 Å². The van der Waals surface area contributed by atoms with Crippen molar-refractivity contribution in [2.24, 2.45) is 0 Å². The molecule has 0 radical (unpaired) electrons. The first-order chi connectivity index (χ1) is 12.4. The minimum absolute atomic E-state index is 0.0293. The molecule has 26 heavy (non-hydrogen) atoms. The molecule has 3 aromatic rings. The molecule has 1 heterocycles. The summed E-state index contributed by atoms with van der Waals surface area (Å²) in [7, 11) is 0. The number of hydrogen-bond acceptors (Lipinski definition) is 5. The maximum atomic E-state index is 13.6. The SMILES string of the molecule is N#Cc1c(-c2ccc(F)c(F)c2)cc(-c2ccccc2[N+](=O)[O-])nc1N. The second kappa shape index (κ2) is 6.57. The summed E-state index contributed by atoms with van der Waals surface area (Å²) in [4.78, 5) is 14.7. The van der Waals surface area contributed by atoms with Crippen LogP contribution in [0.4, 0.5) is 20.3 Å². The van der Waals surface area contributed by atoms with E-state index in [4.69, 9.17) is 5.73 Å². The van der Waals surface area contributed by atoms with Crippen LogP contribution in [0.1, 0.15) is 5.56 Å². The Morgan fingerprint density at radius 1 is 1.08 bits per heavy atom. The maximum absolute atomic E-state index is 13.6.